The molecular weight excluding hydrogens is 373 g/mol. The van der Waals surface area contributed by atoms with E-state index in [9.17, 15) is 4.79 Å². The monoisotopic (exact) mass is 387 g/mol. The van der Waals surface area contributed by atoms with Crippen LogP contribution in [0.25, 0.3) is 0 Å². The van der Waals surface area contributed by atoms with Gasteiger partial charge in [0, 0.05) is 14.9 Å². The minimum Gasteiger partial charge on any atom is -0.349 e. The van der Waals surface area contributed by atoms with Gasteiger partial charge in [0.2, 0.25) is 5.91 Å². The summed E-state index contributed by atoms with van der Waals surface area (Å²) in [6.45, 7) is 3.74. The molecule has 0 heterocycles. The van der Waals surface area contributed by atoms with Gasteiger partial charge in [0.25, 0.3) is 0 Å². The first-order valence-corrected chi connectivity index (χ1v) is 9.06. The summed E-state index contributed by atoms with van der Waals surface area (Å²) in [7, 11) is 0. The van der Waals surface area contributed by atoms with Crippen molar-refractivity contribution in [2.45, 2.75) is 30.0 Å². The van der Waals surface area contributed by atoms with E-state index in [0.717, 1.165) is 10.5 Å². The number of hydrogen-bond donors (Lipinski definition) is 1. The Labute approximate surface area is 155 Å². The molecule has 0 spiro atoms. The lowest BCUT2D eigenvalue weighted by atomic mass is 10.1. The number of carbonyl (C=O) groups is 1. The van der Waals surface area contributed by atoms with Gasteiger partial charge in [0.15, 0.2) is 0 Å². The quantitative estimate of drug-likeness (QED) is 0.636. The molecule has 0 fully saturated rings. The Morgan fingerprint density at radius 3 is 2.39 bits per heavy atom. The average molecular weight is 389 g/mol. The third-order valence-electron chi connectivity index (χ3n) is 3.30. The van der Waals surface area contributed by atoms with Crippen LogP contribution in [0.4, 0.5) is 0 Å². The molecule has 2 rings (SSSR count). The third kappa shape index (κ3) is 5.05. The first-order chi connectivity index (χ1) is 10.9. The fraction of sp³-hybridized carbons (Fsp3) is 0.235. The minimum absolute atomic E-state index is 0.0755. The van der Waals surface area contributed by atoms with Crippen molar-refractivity contribution in [3.8, 4) is 0 Å². The standard InChI is InChI=1S/C17H16Cl3NOS/c1-10(13-8-7-12(18)9-15(13)20)21-17(22)11(2)23-16-6-4-3-5-14(16)19/h3-11H,1-2H3,(H,21,22)/t10-,11-/m0/s1. The largest absolute Gasteiger partial charge is 0.349 e. The predicted molar refractivity (Wildman–Crippen MR) is 99.8 cm³/mol. The van der Waals surface area contributed by atoms with Crippen LogP contribution in [0, 0.1) is 0 Å². The molecule has 0 saturated heterocycles. The maximum Gasteiger partial charge on any atom is 0.233 e. The van der Waals surface area contributed by atoms with Crippen LogP contribution in [0.2, 0.25) is 15.1 Å². The maximum atomic E-state index is 12.4. The second-order valence-electron chi connectivity index (χ2n) is 5.09. The van der Waals surface area contributed by atoms with Crippen LogP contribution in [0.1, 0.15) is 25.5 Å². The van der Waals surface area contributed by atoms with Crippen LogP contribution in [-0.2, 0) is 4.79 Å². The van der Waals surface area contributed by atoms with E-state index in [1.165, 1.54) is 11.8 Å². The van der Waals surface area contributed by atoms with Crippen LogP contribution >= 0.6 is 46.6 Å². The molecule has 2 aromatic rings. The van der Waals surface area contributed by atoms with Gasteiger partial charge in [0.05, 0.1) is 16.3 Å². The first-order valence-electron chi connectivity index (χ1n) is 7.05. The average Bonchev–Trinajstić information content (AvgIpc) is 2.49. The maximum absolute atomic E-state index is 12.4. The molecule has 23 heavy (non-hydrogen) atoms. The summed E-state index contributed by atoms with van der Waals surface area (Å²) in [5.41, 5.74) is 0.833. The van der Waals surface area contributed by atoms with Crippen LogP contribution in [0.15, 0.2) is 47.4 Å². The van der Waals surface area contributed by atoms with Crippen molar-refractivity contribution in [3.05, 3.63) is 63.1 Å². The number of nitrogens with one attached hydrogen (secondary N) is 1. The molecule has 0 unspecified atom stereocenters. The highest BCUT2D eigenvalue weighted by Crippen LogP contribution is 2.31. The molecule has 1 N–H and O–H groups in total. The zero-order chi connectivity index (χ0) is 17.0. The topological polar surface area (TPSA) is 29.1 Å². The van der Waals surface area contributed by atoms with Crippen molar-refractivity contribution in [1.29, 1.82) is 0 Å². The molecule has 0 bridgehead atoms. The van der Waals surface area contributed by atoms with Crippen molar-refractivity contribution < 1.29 is 4.79 Å². The summed E-state index contributed by atoms with van der Waals surface area (Å²) in [6, 6.07) is 12.5. The summed E-state index contributed by atoms with van der Waals surface area (Å²) >= 11 is 19.6. The van der Waals surface area contributed by atoms with E-state index in [1.807, 2.05) is 44.2 Å². The molecule has 1 amide bonds. The van der Waals surface area contributed by atoms with E-state index >= 15 is 0 Å². The predicted octanol–water partition coefficient (Wildman–Crippen LogP) is 6.00. The number of benzene rings is 2. The van der Waals surface area contributed by atoms with E-state index in [0.29, 0.717) is 15.1 Å². The Hall–Kier alpha value is -0.870. The number of hydrogen-bond acceptors (Lipinski definition) is 2. The van der Waals surface area contributed by atoms with Crippen LogP contribution in [0.3, 0.4) is 0 Å². The Kier molecular flexibility index (Phi) is 6.66. The number of rotatable bonds is 5. The number of carbonyl (C=O) groups excluding carboxylic acids is 1. The van der Waals surface area contributed by atoms with E-state index in [2.05, 4.69) is 5.32 Å². The Morgan fingerprint density at radius 2 is 1.74 bits per heavy atom. The van der Waals surface area contributed by atoms with E-state index in [1.54, 1.807) is 12.1 Å². The SMILES string of the molecule is C[C@H](Sc1ccccc1Cl)C(=O)N[C@@H](C)c1ccc(Cl)cc1Cl. The van der Waals surface area contributed by atoms with Crippen molar-refractivity contribution in [3.63, 3.8) is 0 Å². The molecule has 6 heteroatoms. The fourth-order valence-electron chi connectivity index (χ4n) is 2.05. The third-order valence-corrected chi connectivity index (χ3v) is 5.48. The van der Waals surface area contributed by atoms with Gasteiger partial charge in [0.1, 0.15) is 0 Å². The summed E-state index contributed by atoms with van der Waals surface area (Å²) < 4.78 is 0. The molecule has 0 aromatic heterocycles. The molecule has 0 saturated carbocycles. The normalized spacial score (nSPS) is 13.4. The Bertz CT molecular complexity index is 708. The molecule has 122 valence electrons. The zero-order valence-corrected chi connectivity index (χ0v) is 15.7. The van der Waals surface area contributed by atoms with Gasteiger partial charge in [-0.15, -0.1) is 11.8 Å². The molecule has 0 radical (unpaired) electrons. The number of thioether (sulfide) groups is 1. The van der Waals surface area contributed by atoms with Gasteiger partial charge >= 0.3 is 0 Å². The van der Waals surface area contributed by atoms with E-state index in [4.69, 9.17) is 34.8 Å². The second-order valence-corrected chi connectivity index (χ2v) is 7.72. The van der Waals surface area contributed by atoms with Gasteiger partial charge < -0.3 is 5.32 Å². The summed E-state index contributed by atoms with van der Waals surface area (Å²) in [5.74, 6) is -0.0755. The van der Waals surface area contributed by atoms with Gasteiger partial charge in [-0.25, -0.2) is 0 Å². The summed E-state index contributed by atoms with van der Waals surface area (Å²) in [4.78, 5) is 13.3. The van der Waals surface area contributed by atoms with Gasteiger partial charge in [-0.2, -0.15) is 0 Å². The smallest absolute Gasteiger partial charge is 0.233 e. The lowest BCUT2D eigenvalue weighted by Gasteiger charge is -2.19. The van der Waals surface area contributed by atoms with Gasteiger partial charge in [-0.3, -0.25) is 4.79 Å². The van der Waals surface area contributed by atoms with Crippen molar-refractivity contribution >= 4 is 52.5 Å². The zero-order valence-electron chi connectivity index (χ0n) is 12.6. The fourth-order valence-corrected chi connectivity index (χ4v) is 3.78. The molecule has 2 nitrogen and oxygen atoms in total. The molecule has 0 aliphatic carbocycles. The summed E-state index contributed by atoms with van der Waals surface area (Å²) in [5, 5.41) is 4.44. The second kappa shape index (κ2) is 8.29. The highest BCUT2D eigenvalue weighted by Gasteiger charge is 2.19. The minimum atomic E-state index is -0.275. The molecular formula is C17H16Cl3NOS. The molecule has 0 aliphatic rings. The van der Waals surface area contributed by atoms with Crippen LogP contribution < -0.4 is 5.32 Å². The Morgan fingerprint density at radius 1 is 1.04 bits per heavy atom. The Balaban J connectivity index is 2.01. The van der Waals surface area contributed by atoms with Crippen molar-refractivity contribution in [1.82, 2.24) is 5.32 Å². The highest BCUT2D eigenvalue weighted by atomic mass is 35.5. The van der Waals surface area contributed by atoms with E-state index in [-0.39, 0.29) is 17.2 Å². The van der Waals surface area contributed by atoms with Crippen molar-refractivity contribution in [2.75, 3.05) is 0 Å². The molecule has 2 aromatic carbocycles. The number of amides is 1. The van der Waals surface area contributed by atoms with Gasteiger partial charge in [-0.05, 0) is 43.7 Å². The van der Waals surface area contributed by atoms with Crippen LogP contribution in [-0.4, -0.2) is 11.2 Å². The van der Waals surface area contributed by atoms with Crippen molar-refractivity contribution in [2.24, 2.45) is 0 Å². The van der Waals surface area contributed by atoms with E-state index < -0.39 is 0 Å². The number of halogens is 3. The summed E-state index contributed by atoms with van der Waals surface area (Å²) in [6.07, 6.45) is 0. The van der Waals surface area contributed by atoms with Crippen LogP contribution in [0.5, 0.6) is 0 Å². The lowest BCUT2D eigenvalue weighted by Crippen LogP contribution is -2.33. The lowest BCUT2D eigenvalue weighted by molar-refractivity contribution is -0.120. The molecule has 2 atom stereocenters. The van der Waals surface area contributed by atoms with Gasteiger partial charge in [-0.1, -0.05) is 53.0 Å². The first kappa shape index (κ1) is 18.5. The highest BCUT2D eigenvalue weighted by molar-refractivity contribution is 8.00. The molecule has 0 aliphatic heterocycles.